The highest BCUT2D eigenvalue weighted by molar-refractivity contribution is 5.97. The number of hydrogen-bond acceptors (Lipinski definition) is 6. The number of ether oxygens (including phenoxy) is 1. The van der Waals surface area contributed by atoms with Crippen molar-refractivity contribution in [2.75, 3.05) is 6.61 Å². The topological polar surface area (TPSA) is 114 Å². The third-order valence-electron chi connectivity index (χ3n) is 3.17. The Labute approximate surface area is 143 Å². The van der Waals surface area contributed by atoms with Gasteiger partial charge in [0.25, 0.3) is 5.91 Å². The first-order valence-electron chi connectivity index (χ1n) is 7.55. The summed E-state index contributed by atoms with van der Waals surface area (Å²) < 4.78 is 5.33. The molecule has 2 rings (SSSR count). The first kappa shape index (κ1) is 17.9. The molecule has 1 amide bonds. The van der Waals surface area contributed by atoms with Crippen LogP contribution in [0.15, 0.2) is 47.6 Å². The minimum atomic E-state index is -0.591. The highest BCUT2D eigenvalue weighted by Crippen LogP contribution is 2.27. The molecule has 2 aromatic rings. The van der Waals surface area contributed by atoms with Gasteiger partial charge in [0, 0.05) is 11.6 Å². The van der Waals surface area contributed by atoms with Crippen molar-refractivity contribution in [3.63, 3.8) is 0 Å². The van der Waals surface area contributed by atoms with Crippen LogP contribution in [0.1, 0.15) is 29.3 Å². The van der Waals surface area contributed by atoms with E-state index in [1.54, 1.807) is 18.2 Å². The summed E-state index contributed by atoms with van der Waals surface area (Å²) in [5.41, 5.74) is 2.58. The smallest absolute Gasteiger partial charge is 0.311 e. The molecule has 0 atom stereocenters. The van der Waals surface area contributed by atoms with Crippen LogP contribution in [0.25, 0.3) is 0 Å². The molecule has 0 saturated carbocycles. The minimum absolute atomic E-state index is 0.0777. The van der Waals surface area contributed by atoms with E-state index < -0.39 is 10.8 Å². The molecular weight excluding hydrogens is 326 g/mol. The molecule has 8 nitrogen and oxygen atoms in total. The number of carbonyl (C=O) groups is 1. The van der Waals surface area contributed by atoms with Crippen LogP contribution in [0.5, 0.6) is 11.5 Å². The number of hydrazone groups is 1. The van der Waals surface area contributed by atoms with Crippen molar-refractivity contribution < 1.29 is 19.6 Å². The van der Waals surface area contributed by atoms with Crippen molar-refractivity contribution in [2.45, 2.75) is 13.3 Å². The van der Waals surface area contributed by atoms with Gasteiger partial charge in [0.1, 0.15) is 5.75 Å². The van der Waals surface area contributed by atoms with Gasteiger partial charge in [0.05, 0.1) is 23.3 Å². The van der Waals surface area contributed by atoms with E-state index in [9.17, 15) is 20.0 Å². The number of nitro groups is 1. The molecule has 0 radical (unpaired) electrons. The summed E-state index contributed by atoms with van der Waals surface area (Å²) >= 11 is 0. The monoisotopic (exact) mass is 343 g/mol. The molecule has 0 aliphatic carbocycles. The Morgan fingerprint density at radius 2 is 2.12 bits per heavy atom. The number of aromatic hydroxyl groups is 1. The molecule has 0 aliphatic rings. The van der Waals surface area contributed by atoms with Gasteiger partial charge in [-0.3, -0.25) is 14.9 Å². The van der Waals surface area contributed by atoms with Gasteiger partial charge >= 0.3 is 5.69 Å². The number of para-hydroxylation sites is 1. The zero-order chi connectivity index (χ0) is 18.2. The molecule has 0 saturated heterocycles. The maximum atomic E-state index is 11.9. The third-order valence-corrected chi connectivity index (χ3v) is 3.17. The Morgan fingerprint density at radius 3 is 2.80 bits per heavy atom. The van der Waals surface area contributed by atoms with Gasteiger partial charge in [-0.1, -0.05) is 19.1 Å². The van der Waals surface area contributed by atoms with Crippen molar-refractivity contribution in [1.29, 1.82) is 0 Å². The number of phenols is 1. The van der Waals surface area contributed by atoms with Crippen LogP contribution < -0.4 is 10.2 Å². The fourth-order valence-corrected chi connectivity index (χ4v) is 1.98. The van der Waals surface area contributed by atoms with Crippen LogP contribution in [0.3, 0.4) is 0 Å². The van der Waals surface area contributed by atoms with E-state index in [1.165, 1.54) is 30.5 Å². The van der Waals surface area contributed by atoms with Crippen LogP contribution >= 0.6 is 0 Å². The van der Waals surface area contributed by atoms with Crippen molar-refractivity contribution in [3.8, 4) is 11.5 Å². The van der Waals surface area contributed by atoms with Crippen LogP contribution in [0, 0.1) is 10.1 Å². The first-order valence-corrected chi connectivity index (χ1v) is 7.55. The van der Waals surface area contributed by atoms with E-state index in [2.05, 4.69) is 10.5 Å². The molecule has 130 valence electrons. The number of rotatable bonds is 7. The Bertz CT molecular complexity index is 805. The summed E-state index contributed by atoms with van der Waals surface area (Å²) in [5, 5.41) is 24.5. The number of nitrogens with zero attached hydrogens (tertiary/aromatic N) is 2. The van der Waals surface area contributed by atoms with Crippen LogP contribution in [0.4, 0.5) is 5.69 Å². The zero-order valence-corrected chi connectivity index (χ0v) is 13.5. The summed E-state index contributed by atoms with van der Waals surface area (Å²) in [6.45, 7) is 2.28. The summed E-state index contributed by atoms with van der Waals surface area (Å²) in [6, 6.07) is 10.4. The van der Waals surface area contributed by atoms with Crippen molar-refractivity contribution in [3.05, 3.63) is 63.7 Å². The highest BCUT2D eigenvalue weighted by atomic mass is 16.6. The van der Waals surface area contributed by atoms with Crippen LogP contribution in [0.2, 0.25) is 0 Å². The Hall–Kier alpha value is -3.42. The number of carbonyl (C=O) groups excluding carboxylic acids is 1. The molecule has 0 aromatic heterocycles. The second-order valence-electron chi connectivity index (χ2n) is 5.05. The van der Waals surface area contributed by atoms with Crippen molar-refractivity contribution in [1.82, 2.24) is 5.43 Å². The second kappa shape index (κ2) is 8.44. The van der Waals surface area contributed by atoms with Crippen molar-refractivity contribution in [2.24, 2.45) is 5.10 Å². The molecule has 0 spiro atoms. The summed E-state index contributed by atoms with van der Waals surface area (Å²) in [5.74, 6) is -0.572. The maximum Gasteiger partial charge on any atom is 0.311 e. The molecule has 0 aliphatic heterocycles. The van der Waals surface area contributed by atoms with Gasteiger partial charge in [-0.15, -0.1) is 0 Å². The largest absolute Gasteiger partial charge is 0.507 e. The number of phenolic OH excluding ortho intramolecular Hbond substituents is 1. The van der Waals surface area contributed by atoms with E-state index in [-0.39, 0.29) is 22.7 Å². The van der Waals surface area contributed by atoms with E-state index in [1.807, 2.05) is 6.92 Å². The Morgan fingerprint density at radius 1 is 1.36 bits per heavy atom. The van der Waals surface area contributed by atoms with Crippen LogP contribution in [-0.4, -0.2) is 28.8 Å². The zero-order valence-electron chi connectivity index (χ0n) is 13.5. The average Bonchev–Trinajstić information content (AvgIpc) is 2.60. The van der Waals surface area contributed by atoms with Gasteiger partial charge in [0.2, 0.25) is 0 Å². The predicted molar refractivity (Wildman–Crippen MR) is 92.0 cm³/mol. The van der Waals surface area contributed by atoms with E-state index in [0.29, 0.717) is 12.2 Å². The lowest BCUT2D eigenvalue weighted by Crippen LogP contribution is -2.17. The molecular formula is C17H17N3O5. The van der Waals surface area contributed by atoms with Crippen molar-refractivity contribution >= 4 is 17.8 Å². The molecule has 8 heteroatoms. The number of benzene rings is 2. The first-order chi connectivity index (χ1) is 12.0. The fraction of sp³-hybridized carbons (Fsp3) is 0.176. The Balaban J connectivity index is 2.10. The number of nitrogens with one attached hydrogen (secondary N) is 1. The number of nitro benzene ring substituents is 1. The Kier molecular flexibility index (Phi) is 6.05. The minimum Gasteiger partial charge on any atom is -0.507 e. The average molecular weight is 343 g/mol. The summed E-state index contributed by atoms with van der Waals surface area (Å²) in [4.78, 5) is 22.5. The normalized spacial score (nSPS) is 10.6. The standard InChI is InChI=1S/C17H17N3O5/c1-2-9-25-16-8-7-12(10-14(16)20(23)24)11-18-19-17(22)13-5-3-4-6-15(13)21/h3-8,10-11,21H,2,9H2,1H3,(H,19,22)/b18-11-. The fourth-order valence-electron chi connectivity index (χ4n) is 1.98. The van der Waals surface area contributed by atoms with Gasteiger partial charge in [-0.2, -0.15) is 5.10 Å². The molecule has 0 unspecified atom stereocenters. The van der Waals surface area contributed by atoms with E-state index >= 15 is 0 Å². The third kappa shape index (κ3) is 4.77. The predicted octanol–water partition coefficient (Wildman–Crippen LogP) is 2.85. The second-order valence-corrected chi connectivity index (χ2v) is 5.05. The van der Waals surface area contributed by atoms with Gasteiger partial charge < -0.3 is 9.84 Å². The SMILES string of the molecule is CCCOc1ccc(/C=N\NC(=O)c2ccccc2O)cc1[N+](=O)[O-]. The van der Waals surface area contributed by atoms with Gasteiger partial charge in [0.15, 0.2) is 5.75 Å². The molecule has 0 fully saturated rings. The number of amides is 1. The number of hydrogen-bond donors (Lipinski definition) is 2. The lowest BCUT2D eigenvalue weighted by Gasteiger charge is -2.06. The van der Waals surface area contributed by atoms with E-state index in [0.717, 1.165) is 6.42 Å². The molecule has 0 heterocycles. The molecule has 25 heavy (non-hydrogen) atoms. The molecule has 0 bridgehead atoms. The lowest BCUT2D eigenvalue weighted by molar-refractivity contribution is -0.385. The lowest BCUT2D eigenvalue weighted by atomic mass is 10.2. The molecule has 2 aromatic carbocycles. The summed E-state index contributed by atoms with van der Waals surface area (Å²) in [7, 11) is 0. The summed E-state index contributed by atoms with van der Waals surface area (Å²) in [6.07, 6.45) is 2.01. The van der Waals surface area contributed by atoms with Gasteiger partial charge in [-0.05, 0) is 30.7 Å². The van der Waals surface area contributed by atoms with Gasteiger partial charge in [-0.25, -0.2) is 5.43 Å². The van der Waals surface area contributed by atoms with Crippen LogP contribution in [-0.2, 0) is 0 Å². The molecule has 2 N–H and O–H groups in total. The highest BCUT2D eigenvalue weighted by Gasteiger charge is 2.15. The quantitative estimate of drug-likeness (QED) is 0.456. The van der Waals surface area contributed by atoms with E-state index in [4.69, 9.17) is 4.74 Å². The maximum absolute atomic E-state index is 11.9.